The lowest BCUT2D eigenvalue weighted by Gasteiger charge is -2.34. The Morgan fingerprint density at radius 1 is 0.919 bits per heavy atom. The van der Waals surface area contributed by atoms with E-state index in [0.717, 1.165) is 46.4 Å². The van der Waals surface area contributed by atoms with Crippen LogP contribution in [0.4, 0.5) is 0 Å². The number of carbonyl (C=O) groups excluding carboxylic acids is 2. The fourth-order valence-electron chi connectivity index (χ4n) is 5.54. The first-order valence-electron chi connectivity index (χ1n) is 12.5. The van der Waals surface area contributed by atoms with E-state index in [4.69, 9.17) is 0 Å². The Kier molecular flexibility index (Phi) is 6.80. The molecule has 2 aliphatic heterocycles. The van der Waals surface area contributed by atoms with Crippen LogP contribution in [0.1, 0.15) is 33.1 Å². The van der Waals surface area contributed by atoms with Crippen LogP contribution in [0.3, 0.4) is 0 Å². The number of aromatic amines is 1. The Morgan fingerprint density at radius 2 is 1.59 bits per heavy atom. The normalized spacial score (nSPS) is 17.7. The molecule has 37 heavy (non-hydrogen) atoms. The molecule has 0 radical (unpaired) electrons. The zero-order valence-electron chi connectivity index (χ0n) is 21.1. The molecule has 190 valence electrons. The summed E-state index contributed by atoms with van der Waals surface area (Å²) in [5.41, 5.74) is 6.93. The van der Waals surface area contributed by atoms with Crippen molar-refractivity contribution in [1.82, 2.24) is 19.7 Å². The molecule has 1 atom stereocenters. The van der Waals surface area contributed by atoms with Crippen molar-refractivity contribution in [3.05, 3.63) is 95.1 Å². The van der Waals surface area contributed by atoms with Crippen molar-refractivity contribution >= 4 is 35.1 Å². The van der Waals surface area contributed by atoms with E-state index in [0.29, 0.717) is 18.7 Å². The first kappa shape index (κ1) is 25.1. The van der Waals surface area contributed by atoms with E-state index in [1.807, 2.05) is 41.3 Å². The molecule has 0 aliphatic carbocycles. The van der Waals surface area contributed by atoms with Crippen LogP contribution in [0.25, 0.3) is 22.2 Å². The van der Waals surface area contributed by atoms with Gasteiger partial charge in [0, 0.05) is 48.2 Å². The number of benzene rings is 3. The molecule has 1 saturated heterocycles. The molecular formula is C30H31ClN4O2. The summed E-state index contributed by atoms with van der Waals surface area (Å²) >= 11 is 0. The number of hydrogen-bond donors (Lipinski definition) is 1. The van der Waals surface area contributed by atoms with Crippen molar-refractivity contribution in [2.45, 2.75) is 13.0 Å². The summed E-state index contributed by atoms with van der Waals surface area (Å²) < 4.78 is 0. The van der Waals surface area contributed by atoms with Crippen LogP contribution in [-0.2, 0) is 4.79 Å². The summed E-state index contributed by atoms with van der Waals surface area (Å²) in [7, 11) is 2.07. The predicted molar refractivity (Wildman–Crippen MR) is 149 cm³/mol. The summed E-state index contributed by atoms with van der Waals surface area (Å²) in [6, 6.07) is 24.1. The lowest BCUT2D eigenvalue weighted by atomic mass is 9.93. The van der Waals surface area contributed by atoms with E-state index >= 15 is 0 Å². The minimum Gasteiger partial charge on any atom is -0.354 e. The van der Waals surface area contributed by atoms with Crippen molar-refractivity contribution in [3.8, 4) is 11.3 Å². The zero-order valence-corrected chi connectivity index (χ0v) is 21.9. The van der Waals surface area contributed by atoms with E-state index in [1.165, 1.54) is 5.56 Å². The Labute approximate surface area is 223 Å². The number of likely N-dealkylation sites (N-methyl/N-ethyl adjacent to an activating group) is 1. The quantitative estimate of drug-likeness (QED) is 0.422. The average molecular weight is 515 g/mol. The molecule has 4 aromatic rings. The SMILES string of the molecule is Cc1ccc(-c2[nH]c3ccccc3c2C2c3ccccc3C(=O)N2CC(=O)N2CCN(C)CC2)cc1.Cl. The monoisotopic (exact) mass is 514 g/mol. The van der Waals surface area contributed by atoms with E-state index in [9.17, 15) is 9.59 Å². The summed E-state index contributed by atoms with van der Waals surface area (Å²) in [4.78, 5) is 36.7. The third-order valence-electron chi connectivity index (χ3n) is 7.58. The highest BCUT2D eigenvalue weighted by molar-refractivity contribution is 6.03. The van der Waals surface area contributed by atoms with Crippen LogP contribution in [-0.4, -0.2) is 71.3 Å². The minimum atomic E-state index is -0.349. The number of halogens is 1. The fraction of sp³-hybridized carbons (Fsp3) is 0.267. The van der Waals surface area contributed by atoms with Gasteiger partial charge in [0.05, 0.1) is 11.7 Å². The zero-order chi connectivity index (χ0) is 24.8. The summed E-state index contributed by atoms with van der Waals surface area (Å²) in [5, 5.41) is 1.07. The molecule has 2 amide bonds. The number of para-hydroxylation sites is 1. The molecular weight excluding hydrogens is 484 g/mol. The largest absolute Gasteiger partial charge is 0.354 e. The van der Waals surface area contributed by atoms with Crippen LogP contribution in [0.5, 0.6) is 0 Å². The van der Waals surface area contributed by atoms with Crippen LogP contribution in [0.2, 0.25) is 0 Å². The van der Waals surface area contributed by atoms with Gasteiger partial charge in [0.15, 0.2) is 0 Å². The minimum absolute atomic E-state index is 0. The number of aromatic nitrogens is 1. The number of hydrogen-bond acceptors (Lipinski definition) is 3. The van der Waals surface area contributed by atoms with Crippen LogP contribution in [0, 0.1) is 6.92 Å². The highest BCUT2D eigenvalue weighted by Gasteiger charge is 2.41. The molecule has 3 heterocycles. The molecule has 3 aromatic carbocycles. The Bertz CT molecular complexity index is 1450. The van der Waals surface area contributed by atoms with Crippen molar-refractivity contribution in [3.63, 3.8) is 0 Å². The average Bonchev–Trinajstić information content (AvgIpc) is 3.40. The van der Waals surface area contributed by atoms with E-state index < -0.39 is 0 Å². The van der Waals surface area contributed by atoms with Gasteiger partial charge in [-0.05, 0) is 37.2 Å². The maximum absolute atomic E-state index is 13.7. The van der Waals surface area contributed by atoms with Gasteiger partial charge in [-0.25, -0.2) is 0 Å². The molecule has 0 spiro atoms. The van der Waals surface area contributed by atoms with E-state index in [-0.39, 0.29) is 36.8 Å². The molecule has 6 rings (SSSR count). The number of nitrogens with one attached hydrogen (secondary N) is 1. The maximum atomic E-state index is 13.7. The molecule has 6 nitrogen and oxygen atoms in total. The first-order valence-corrected chi connectivity index (χ1v) is 12.5. The van der Waals surface area contributed by atoms with Gasteiger partial charge in [-0.15, -0.1) is 12.4 Å². The molecule has 1 unspecified atom stereocenters. The standard InChI is InChI=1S/C30H30N4O2.ClH/c1-20-11-13-21(14-12-20)28-27(24-9-5-6-10-25(24)31-28)29-22-7-3-4-8-23(22)30(36)34(29)19-26(35)33-17-15-32(2)16-18-33;/h3-14,29,31H,15-19H2,1-2H3;1H. The number of nitrogens with zero attached hydrogens (tertiary/aromatic N) is 3. The second kappa shape index (κ2) is 10.0. The topological polar surface area (TPSA) is 59.7 Å². The van der Waals surface area contributed by atoms with Gasteiger partial charge in [-0.1, -0.05) is 66.2 Å². The number of carbonyl (C=O) groups is 2. The smallest absolute Gasteiger partial charge is 0.255 e. The molecule has 0 saturated carbocycles. The van der Waals surface area contributed by atoms with Crippen molar-refractivity contribution in [2.75, 3.05) is 39.8 Å². The number of piperazine rings is 1. The predicted octanol–water partition coefficient (Wildman–Crippen LogP) is 4.88. The summed E-state index contributed by atoms with van der Waals surface area (Å²) in [6.07, 6.45) is 0. The van der Waals surface area contributed by atoms with Crippen LogP contribution >= 0.6 is 12.4 Å². The molecule has 7 heteroatoms. The van der Waals surface area contributed by atoms with Gasteiger partial charge >= 0.3 is 0 Å². The fourth-order valence-corrected chi connectivity index (χ4v) is 5.54. The molecule has 0 bridgehead atoms. The first-order chi connectivity index (χ1) is 17.5. The highest BCUT2D eigenvalue weighted by atomic mass is 35.5. The maximum Gasteiger partial charge on any atom is 0.255 e. The van der Waals surface area contributed by atoms with Crippen LogP contribution < -0.4 is 0 Å². The highest BCUT2D eigenvalue weighted by Crippen LogP contribution is 2.45. The Balaban J connectivity index is 0.00000280. The van der Waals surface area contributed by atoms with E-state index in [1.54, 1.807) is 4.90 Å². The molecule has 1 N–H and O–H groups in total. The van der Waals surface area contributed by atoms with Crippen molar-refractivity contribution < 1.29 is 9.59 Å². The van der Waals surface area contributed by atoms with Gasteiger partial charge < -0.3 is 19.7 Å². The number of amides is 2. The Morgan fingerprint density at radius 3 is 2.35 bits per heavy atom. The lowest BCUT2D eigenvalue weighted by Crippen LogP contribution is -2.50. The lowest BCUT2D eigenvalue weighted by molar-refractivity contribution is -0.133. The van der Waals surface area contributed by atoms with Gasteiger partial charge in [0.2, 0.25) is 5.91 Å². The van der Waals surface area contributed by atoms with Crippen molar-refractivity contribution in [2.24, 2.45) is 0 Å². The second-order valence-electron chi connectivity index (χ2n) is 9.93. The summed E-state index contributed by atoms with van der Waals surface area (Å²) in [6.45, 7) is 5.22. The number of aryl methyl sites for hydroxylation is 1. The third kappa shape index (κ3) is 4.41. The number of H-pyrrole nitrogens is 1. The number of fused-ring (bicyclic) bond motifs is 2. The van der Waals surface area contributed by atoms with Crippen LogP contribution in [0.15, 0.2) is 72.8 Å². The molecule has 2 aliphatic rings. The molecule has 1 fully saturated rings. The second-order valence-corrected chi connectivity index (χ2v) is 9.93. The van der Waals surface area contributed by atoms with Crippen molar-refractivity contribution in [1.29, 1.82) is 0 Å². The number of rotatable bonds is 4. The van der Waals surface area contributed by atoms with Gasteiger partial charge in [-0.2, -0.15) is 0 Å². The van der Waals surface area contributed by atoms with Gasteiger partial charge in [0.25, 0.3) is 5.91 Å². The van der Waals surface area contributed by atoms with E-state index in [2.05, 4.69) is 60.3 Å². The summed E-state index contributed by atoms with van der Waals surface area (Å²) in [5.74, 6) is -0.0794. The van der Waals surface area contributed by atoms with Gasteiger partial charge in [-0.3, -0.25) is 9.59 Å². The molecule has 1 aromatic heterocycles. The van der Waals surface area contributed by atoms with Gasteiger partial charge in [0.1, 0.15) is 6.54 Å². The third-order valence-corrected chi connectivity index (χ3v) is 7.58. The Hall–Kier alpha value is -3.61.